The molecule has 2 aliphatic rings. The van der Waals surface area contributed by atoms with Crippen molar-refractivity contribution in [1.29, 1.82) is 0 Å². The number of benzene rings is 1. The smallest absolute Gasteiger partial charge is 0.134 e. The van der Waals surface area contributed by atoms with Gasteiger partial charge < -0.3 is 9.73 Å². The summed E-state index contributed by atoms with van der Waals surface area (Å²) in [6.45, 7) is 5.70. The summed E-state index contributed by atoms with van der Waals surface area (Å²) >= 11 is 3.46. The monoisotopic (exact) mass is 346 g/mol. The Kier molecular flexibility index (Phi) is 3.61. The first-order chi connectivity index (χ1) is 10.3. The van der Waals surface area contributed by atoms with Gasteiger partial charge in [-0.1, -0.05) is 28.1 Å². The molecule has 3 heterocycles. The maximum Gasteiger partial charge on any atom is 0.134 e. The van der Waals surface area contributed by atoms with Gasteiger partial charge in [0.2, 0.25) is 0 Å². The fourth-order valence-corrected chi connectivity index (χ4v) is 3.80. The molecule has 0 bridgehead atoms. The van der Waals surface area contributed by atoms with Crippen LogP contribution in [0.15, 0.2) is 45.3 Å². The highest BCUT2D eigenvalue weighted by Gasteiger charge is 2.36. The first-order valence-electron chi connectivity index (χ1n) is 7.55. The molecular weight excluding hydrogens is 328 g/mol. The molecule has 0 saturated carbocycles. The van der Waals surface area contributed by atoms with Crippen LogP contribution < -0.4 is 5.32 Å². The van der Waals surface area contributed by atoms with Crippen LogP contribution in [0.25, 0.3) is 11.3 Å². The summed E-state index contributed by atoms with van der Waals surface area (Å²) in [5.74, 6) is 3.70. The van der Waals surface area contributed by atoms with Gasteiger partial charge in [0.25, 0.3) is 0 Å². The molecule has 4 heteroatoms. The van der Waals surface area contributed by atoms with E-state index >= 15 is 0 Å². The molecular formula is C17H19BrN2O. The van der Waals surface area contributed by atoms with E-state index in [1.54, 1.807) is 0 Å². The largest absolute Gasteiger partial charge is 0.460 e. The minimum absolute atomic E-state index is 0.839. The molecule has 2 aromatic rings. The summed E-state index contributed by atoms with van der Waals surface area (Å²) in [6, 6.07) is 12.5. The van der Waals surface area contributed by atoms with Crippen molar-refractivity contribution in [1.82, 2.24) is 10.2 Å². The topological polar surface area (TPSA) is 28.4 Å². The third-order valence-corrected chi connectivity index (χ3v) is 5.16. The van der Waals surface area contributed by atoms with Crippen LogP contribution in [-0.4, -0.2) is 31.1 Å². The van der Waals surface area contributed by atoms with E-state index in [9.17, 15) is 0 Å². The third kappa shape index (κ3) is 2.80. The lowest BCUT2D eigenvalue weighted by Crippen LogP contribution is -2.25. The lowest BCUT2D eigenvalue weighted by atomic mass is 10.0. The number of furan rings is 1. The summed E-state index contributed by atoms with van der Waals surface area (Å²) in [5.41, 5.74) is 1.13. The van der Waals surface area contributed by atoms with E-state index in [0.717, 1.165) is 39.9 Å². The van der Waals surface area contributed by atoms with Crippen molar-refractivity contribution < 1.29 is 4.42 Å². The molecule has 2 fully saturated rings. The molecule has 21 heavy (non-hydrogen) atoms. The number of hydrogen-bond donors (Lipinski definition) is 1. The zero-order chi connectivity index (χ0) is 14.2. The van der Waals surface area contributed by atoms with E-state index in [-0.39, 0.29) is 0 Å². The summed E-state index contributed by atoms with van der Waals surface area (Å²) < 4.78 is 7.11. The molecule has 2 unspecified atom stereocenters. The molecule has 2 aliphatic heterocycles. The predicted molar refractivity (Wildman–Crippen MR) is 87.0 cm³/mol. The van der Waals surface area contributed by atoms with Crippen molar-refractivity contribution in [2.45, 2.75) is 6.54 Å². The lowest BCUT2D eigenvalue weighted by Gasteiger charge is -2.14. The zero-order valence-corrected chi connectivity index (χ0v) is 13.5. The quantitative estimate of drug-likeness (QED) is 0.923. The molecule has 2 atom stereocenters. The van der Waals surface area contributed by atoms with Crippen molar-refractivity contribution in [2.75, 3.05) is 26.2 Å². The summed E-state index contributed by atoms with van der Waals surface area (Å²) in [6.07, 6.45) is 0. The normalized spacial score (nSPS) is 25.4. The van der Waals surface area contributed by atoms with Crippen molar-refractivity contribution >= 4 is 15.9 Å². The second kappa shape index (κ2) is 5.59. The molecule has 3 nitrogen and oxygen atoms in total. The van der Waals surface area contributed by atoms with Gasteiger partial charge in [0.15, 0.2) is 0 Å². The zero-order valence-electron chi connectivity index (χ0n) is 11.9. The van der Waals surface area contributed by atoms with Gasteiger partial charge in [-0.05, 0) is 49.2 Å². The summed E-state index contributed by atoms with van der Waals surface area (Å²) in [7, 11) is 0. The first-order valence-corrected chi connectivity index (χ1v) is 8.35. The average molecular weight is 347 g/mol. The van der Waals surface area contributed by atoms with E-state index in [0.29, 0.717) is 0 Å². The second-order valence-corrected chi connectivity index (χ2v) is 7.06. The van der Waals surface area contributed by atoms with Gasteiger partial charge in [-0.2, -0.15) is 0 Å². The van der Waals surface area contributed by atoms with Gasteiger partial charge in [-0.25, -0.2) is 0 Å². The molecule has 1 N–H and O–H groups in total. The van der Waals surface area contributed by atoms with E-state index in [1.165, 1.54) is 26.2 Å². The molecule has 0 spiro atoms. The van der Waals surface area contributed by atoms with Crippen molar-refractivity contribution in [3.05, 3.63) is 46.6 Å². The van der Waals surface area contributed by atoms with Crippen molar-refractivity contribution in [2.24, 2.45) is 11.8 Å². The Labute approximate surface area is 133 Å². The molecule has 2 saturated heterocycles. The van der Waals surface area contributed by atoms with Crippen LogP contribution in [0.1, 0.15) is 5.76 Å². The molecule has 1 aromatic carbocycles. The Bertz CT molecular complexity index is 610. The van der Waals surface area contributed by atoms with Gasteiger partial charge in [0.05, 0.1) is 6.54 Å². The van der Waals surface area contributed by atoms with Crippen molar-refractivity contribution in [3.63, 3.8) is 0 Å². The van der Waals surface area contributed by atoms with Gasteiger partial charge in [-0.3, -0.25) is 4.90 Å². The third-order valence-electron chi connectivity index (χ3n) is 4.63. The molecule has 110 valence electrons. The molecule has 0 amide bonds. The van der Waals surface area contributed by atoms with Crippen LogP contribution in [0.2, 0.25) is 0 Å². The maximum atomic E-state index is 6.02. The first kappa shape index (κ1) is 13.6. The minimum Gasteiger partial charge on any atom is -0.460 e. The Morgan fingerprint density at radius 2 is 1.76 bits per heavy atom. The molecule has 4 rings (SSSR count). The van der Waals surface area contributed by atoms with Gasteiger partial charge in [0, 0.05) is 23.1 Å². The average Bonchev–Trinajstić information content (AvgIpc) is 3.16. The molecule has 0 radical (unpaired) electrons. The maximum absolute atomic E-state index is 6.02. The highest BCUT2D eigenvalue weighted by Crippen LogP contribution is 2.29. The molecule has 0 aliphatic carbocycles. The lowest BCUT2D eigenvalue weighted by molar-refractivity contribution is 0.279. The fraction of sp³-hybridized carbons (Fsp3) is 0.412. The van der Waals surface area contributed by atoms with Gasteiger partial charge >= 0.3 is 0 Å². The fourth-order valence-electron chi connectivity index (χ4n) is 3.53. The Hall–Kier alpha value is -1.10. The van der Waals surface area contributed by atoms with Crippen LogP contribution >= 0.6 is 15.9 Å². The Morgan fingerprint density at radius 3 is 2.48 bits per heavy atom. The standard InChI is InChI=1S/C17H19BrN2O/c18-15-3-1-12(2-4-15)17-6-5-16(21-17)11-20-9-13-7-19-8-14(13)10-20/h1-6,13-14,19H,7-11H2. The number of rotatable bonds is 3. The van der Waals surface area contributed by atoms with Gasteiger partial charge in [-0.15, -0.1) is 0 Å². The highest BCUT2D eigenvalue weighted by atomic mass is 79.9. The SMILES string of the molecule is Brc1ccc(-c2ccc(CN3CC4CNCC4C3)o2)cc1. The number of hydrogen-bond acceptors (Lipinski definition) is 3. The van der Waals surface area contributed by atoms with E-state index in [2.05, 4.69) is 50.4 Å². The number of nitrogens with one attached hydrogen (secondary N) is 1. The van der Waals surface area contributed by atoms with Crippen LogP contribution in [0.5, 0.6) is 0 Å². The van der Waals surface area contributed by atoms with Crippen molar-refractivity contribution in [3.8, 4) is 11.3 Å². The van der Waals surface area contributed by atoms with E-state index < -0.39 is 0 Å². The van der Waals surface area contributed by atoms with E-state index in [1.807, 2.05) is 12.1 Å². The van der Waals surface area contributed by atoms with Gasteiger partial charge in [0.1, 0.15) is 11.5 Å². The van der Waals surface area contributed by atoms with Crippen LogP contribution in [0.4, 0.5) is 0 Å². The van der Waals surface area contributed by atoms with E-state index in [4.69, 9.17) is 4.42 Å². The Balaban J connectivity index is 1.44. The van der Waals surface area contributed by atoms with Crippen LogP contribution in [0.3, 0.4) is 0 Å². The summed E-state index contributed by atoms with van der Waals surface area (Å²) in [4.78, 5) is 2.53. The predicted octanol–water partition coefficient (Wildman–Crippen LogP) is 3.36. The number of nitrogens with zero attached hydrogens (tertiary/aromatic N) is 1. The number of halogens is 1. The minimum atomic E-state index is 0.839. The number of fused-ring (bicyclic) bond motifs is 1. The molecule has 1 aromatic heterocycles. The van der Waals surface area contributed by atoms with Crippen LogP contribution in [0, 0.1) is 11.8 Å². The summed E-state index contributed by atoms with van der Waals surface area (Å²) in [5, 5.41) is 3.48. The Morgan fingerprint density at radius 1 is 1.05 bits per heavy atom. The number of likely N-dealkylation sites (tertiary alicyclic amines) is 1. The van der Waals surface area contributed by atoms with Crippen LogP contribution in [-0.2, 0) is 6.54 Å². The highest BCUT2D eigenvalue weighted by molar-refractivity contribution is 9.10. The second-order valence-electron chi connectivity index (χ2n) is 6.15.